The van der Waals surface area contributed by atoms with E-state index in [9.17, 15) is 13.2 Å². The number of H-pyrrole nitrogens is 1. The van der Waals surface area contributed by atoms with Crippen LogP contribution in [-0.2, 0) is 14.8 Å². The van der Waals surface area contributed by atoms with Crippen molar-refractivity contribution in [3.05, 3.63) is 36.7 Å². The van der Waals surface area contributed by atoms with Crippen LogP contribution in [0.15, 0.2) is 36.7 Å². The quantitative estimate of drug-likeness (QED) is 0.423. The Balaban J connectivity index is 1.35. The van der Waals surface area contributed by atoms with Crippen LogP contribution in [0.4, 0.5) is 5.95 Å². The maximum atomic E-state index is 13.4. The van der Waals surface area contributed by atoms with Gasteiger partial charge in [0.1, 0.15) is 0 Å². The zero-order valence-electron chi connectivity index (χ0n) is 20.6. The number of aromatic amines is 1. The normalized spacial score (nSPS) is 18.1. The first kappa shape index (κ1) is 24.0. The second-order valence-electron chi connectivity index (χ2n) is 9.75. The first-order valence-corrected chi connectivity index (χ1v) is 14.4. The van der Waals surface area contributed by atoms with Crippen molar-refractivity contribution in [2.24, 2.45) is 5.92 Å². The lowest BCUT2D eigenvalue weighted by molar-refractivity contribution is 0.0852. The van der Waals surface area contributed by atoms with E-state index >= 15 is 0 Å². The van der Waals surface area contributed by atoms with Gasteiger partial charge >= 0.3 is 0 Å². The number of carbonyl (C=O) groups excluding carboxylic acids is 1. The molecular weight excluding hydrogens is 494 g/mol. The Morgan fingerprint density at radius 3 is 2.65 bits per heavy atom. The third kappa shape index (κ3) is 4.72. The van der Waals surface area contributed by atoms with Crippen LogP contribution in [0.3, 0.4) is 0 Å². The molecule has 0 aliphatic carbocycles. The number of fused-ring (bicyclic) bond motifs is 2. The topological polar surface area (TPSA) is 126 Å². The molecule has 2 fully saturated rings. The van der Waals surface area contributed by atoms with Gasteiger partial charge in [0.2, 0.25) is 21.9 Å². The van der Waals surface area contributed by atoms with E-state index in [1.807, 2.05) is 24.4 Å². The van der Waals surface area contributed by atoms with Gasteiger partial charge in [-0.15, -0.1) is 0 Å². The first-order valence-electron chi connectivity index (χ1n) is 12.5. The standard InChI is InChI=1S/C25H29N7O4S/c1-37(34,35)31-8-5-17(6-9-31)14-22(33)32-24-20(16-27-32)23(19-3-2-18-4-7-26-21(18)15-19)28-25(29-24)30-10-12-36-13-11-30/h2-4,7,15-17,26H,5-6,8-14H2,1H3. The Labute approximate surface area is 214 Å². The van der Waals surface area contributed by atoms with Gasteiger partial charge < -0.3 is 14.6 Å². The van der Waals surface area contributed by atoms with Gasteiger partial charge in [0.05, 0.1) is 36.7 Å². The monoisotopic (exact) mass is 523 g/mol. The van der Waals surface area contributed by atoms with Crippen molar-refractivity contribution >= 4 is 43.8 Å². The summed E-state index contributed by atoms with van der Waals surface area (Å²) in [4.78, 5) is 28.5. The summed E-state index contributed by atoms with van der Waals surface area (Å²) in [6.07, 6.45) is 6.37. The van der Waals surface area contributed by atoms with E-state index in [4.69, 9.17) is 14.7 Å². The summed E-state index contributed by atoms with van der Waals surface area (Å²) in [5.74, 6) is 0.499. The average molecular weight is 524 g/mol. The lowest BCUT2D eigenvalue weighted by atomic mass is 9.94. The maximum Gasteiger partial charge on any atom is 0.249 e. The van der Waals surface area contributed by atoms with E-state index in [-0.39, 0.29) is 18.2 Å². The molecule has 2 aliphatic heterocycles. The smallest absolute Gasteiger partial charge is 0.249 e. The molecule has 3 aromatic heterocycles. The van der Waals surface area contributed by atoms with Gasteiger partial charge in [0.15, 0.2) is 5.65 Å². The van der Waals surface area contributed by atoms with Crippen LogP contribution >= 0.6 is 0 Å². The first-order chi connectivity index (χ1) is 17.9. The van der Waals surface area contributed by atoms with Crippen molar-refractivity contribution in [2.45, 2.75) is 19.3 Å². The fraction of sp³-hybridized carbons (Fsp3) is 0.440. The number of aromatic nitrogens is 5. The lowest BCUT2D eigenvalue weighted by Crippen LogP contribution is -2.38. The molecule has 0 saturated carbocycles. The number of hydrogen-bond donors (Lipinski definition) is 1. The van der Waals surface area contributed by atoms with Crippen LogP contribution in [0.1, 0.15) is 24.1 Å². The van der Waals surface area contributed by atoms with Crippen LogP contribution in [0.2, 0.25) is 0 Å². The Hall–Kier alpha value is -3.35. The number of benzene rings is 1. The summed E-state index contributed by atoms with van der Waals surface area (Å²) in [5.41, 5.74) is 3.12. The van der Waals surface area contributed by atoms with Gasteiger partial charge in [-0.25, -0.2) is 17.7 Å². The predicted octanol–water partition coefficient (Wildman–Crippen LogP) is 2.51. The third-order valence-electron chi connectivity index (χ3n) is 7.28. The van der Waals surface area contributed by atoms with Crippen LogP contribution < -0.4 is 4.90 Å². The van der Waals surface area contributed by atoms with Crippen molar-refractivity contribution in [1.82, 2.24) is 29.0 Å². The highest BCUT2D eigenvalue weighted by molar-refractivity contribution is 7.88. The van der Waals surface area contributed by atoms with Gasteiger partial charge in [0.25, 0.3) is 0 Å². The number of carbonyl (C=O) groups is 1. The zero-order valence-corrected chi connectivity index (χ0v) is 21.4. The maximum absolute atomic E-state index is 13.4. The molecule has 0 bridgehead atoms. The number of nitrogens with one attached hydrogen (secondary N) is 1. The van der Waals surface area contributed by atoms with Crippen LogP contribution in [0, 0.1) is 5.92 Å². The molecule has 0 spiro atoms. The molecule has 2 aliphatic rings. The van der Waals surface area contributed by atoms with E-state index in [0.717, 1.165) is 22.2 Å². The number of nitrogens with zero attached hydrogens (tertiary/aromatic N) is 6. The minimum atomic E-state index is -3.21. The summed E-state index contributed by atoms with van der Waals surface area (Å²) in [6.45, 7) is 3.39. The van der Waals surface area contributed by atoms with Crippen molar-refractivity contribution in [2.75, 3.05) is 50.5 Å². The summed E-state index contributed by atoms with van der Waals surface area (Å²) in [5, 5.41) is 6.26. The van der Waals surface area contributed by atoms with Crippen LogP contribution in [0.25, 0.3) is 33.2 Å². The zero-order chi connectivity index (χ0) is 25.6. The van der Waals surface area contributed by atoms with Gasteiger partial charge in [0, 0.05) is 49.9 Å². The molecule has 0 unspecified atom stereocenters. The summed E-state index contributed by atoms with van der Waals surface area (Å²) in [7, 11) is -3.21. The molecule has 2 saturated heterocycles. The summed E-state index contributed by atoms with van der Waals surface area (Å²) in [6, 6.07) is 8.14. The number of anilines is 1. The van der Waals surface area contributed by atoms with Gasteiger partial charge in [-0.3, -0.25) is 4.79 Å². The number of hydrogen-bond acceptors (Lipinski definition) is 8. The number of rotatable bonds is 5. The second-order valence-corrected chi connectivity index (χ2v) is 11.7. The highest BCUT2D eigenvalue weighted by Crippen LogP contribution is 2.31. The van der Waals surface area contributed by atoms with E-state index in [1.54, 1.807) is 6.20 Å². The van der Waals surface area contributed by atoms with Gasteiger partial charge in [-0.05, 0) is 36.3 Å². The van der Waals surface area contributed by atoms with E-state index < -0.39 is 10.0 Å². The predicted molar refractivity (Wildman–Crippen MR) is 140 cm³/mol. The highest BCUT2D eigenvalue weighted by Gasteiger charge is 2.28. The minimum absolute atomic E-state index is 0.0973. The fourth-order valence-corrected chi connectivity index (χ4v) is 6.05. The molecule has 194 valence electrons. The Bertz CT molecular complexity index is 1560. The number of piperidine rings is 1. The number of morpholine rings is 1. The number of ether oxygens (including phenoxy) is 1. The van der Waals surface area contributed by atoms with Crippen LogP contribution in [0.5, 0.6) is 0 Å². The highest BCUT2D eigenvalue weighted by atomic mass is 32.2. The third-order valence-corrected chi connectivity index (χ3v) is 8.58. The van der Waals surface area contributed by atoms with E-state index in [1.165, 1.54) is 15.2 Å². The molecule has 6 rings (SSSR count). The largest absolute Gasteiger partial charge is 0.378 e. The minimum Gasteiger partial charge on any atom is -0.378 e. The molecular formula is C25H29N7O4S. The van der Waals surface area contributed by atoms with Crippen molar-refractivity contribution in [3.63, 3.8) is 0 Å². The molecule has 0 radical (unpaired) electrons. The SMILES string of the molecule is CS(=O)(=O)N1CCC(CC(=O)n2ncc3c(-c4ccc5cc[nH]c5c4)nc(N4CCOCC4)nc32)CC1. The van der Waals surface area contributed by atoms with Crippen molar-refractivity contribution < 1.29 is 17.9 Å². The average Bonchev–Trinajstić information content (AvgIpc) is 3.55. The molecule has 37 heavy (non-hydrogen) atoms. The van der Waals surface area contributed by atoms with Gasteiger partial charge in [-0.2, -0.15) is 14.8 Å². The molecule has 0 atom stereocenters. The summed E-state index contributed by atoms with van der Waals surface area (Å²) >= 11 is 0. The molecule has 1 aromatic carbocycles. The molecule has 11 nitrogen and oxygen atoms in total. The number of sulfonamides is 1. The van der Waals surface area contributed by atoms with Crippen molar-refractivity contribution in [3.8, 4) is 11.3 Å². The molecule has 1 N–H and O–H groups in total. The molecule has 12 heteroatoms. The summed E-state index contributed by atoms with van der Waals surface area (Å²) < 4.78 is 32.0. The fourth-order valence-electron chi connectivity index (χ4n) is 5.18. The van der Waals surface area contributed by atoms with Crippen molar-refractivity contribution in [1.29, 1.82) is 0 Å². The van der Waals surface area contributed by atoms with Crippen LogP contribution in [-0.4, -0.2) is 89.0 Å². The Morgan fingerprint density at radius 1 is 1.11 bits per heavy atom. The van der Waals surface area contributed by atoms with Gasteiger partial charge in [-0.1, -0.05) is 12.1 Å². The second kappa shape index (κ2) is 9.51. The molecule has 4 aromatic rings. The molecule has 0 amide bonds. The molecule has 5 heterocycles. The van der Waals surface area contributed by atoms with E-state index in [0.29, 0.717) is 69.2 Å². The lowest BCUT2D eigenvalue weighted by Gasteiger charge is -2.29. The van der Waals surface area contributed by atoms with E-state index in [2.05, 4.69) is 21.0 Å². The Morgan fingerprint density at radius 2 is 1.89 bits per heavy atom. The Kier molecular flexibility index (Phi) is 6.17.